The average Bonchev–Trinajstić information content (AvgIpc) is 2.86. The Morgan fingerprint density at radius 2 is 1.31 bits per heavy atom. The number of alkyl halides is 2. The first-order chi connectivity index (χ1) is 17.3. The molecule has 0 aromatic heterocycles. The lowest BCUT2D eigenvalue weighted by molar-refractivity contribution is 0.0110. The number of aliphatic imine (C=N–C) groups is 1. The van der Waals surface area contributed by atoms with E-state index in [-0.39, 0.29) is 11.8 Å². The third kappa shape index (κ3) is 5.96. The number of hydrogen-bond acceptors (Lipinski definition) is 7. The van der Waals surface area contributed by atoms with E-state index in [2.05, 4.69) is 54.2 Å². The largest absolute Gasteiger partial charge is 0.370 e. The third-order valence-corrected chi connectivity index (χ3v) is 8.29. The van der Waals surface area contributed by atoms with Gasteiger partial charge < -0.3 is 11.1 Å². The molecule has 10 heteroatoms. The van der Waals surface area contributed by atoms with Crippen LogP contribution >= 0.6 is 23.2 Å². The fraction of sp³-hybridized carbons (Fsp3) is 0.500. The van der Waals surface area contributed by atoms with Gasteiger partial charge in [0.1, 0.15) is 5.82 Å². The Morgan fingerprint density at radius 1 is 0.778 bits per heavy atom. The van der Waals surface area contributed by atoms with Crippen molar-refractivity contribution in [2.75, 3.05) is 52.4 Å². The molecule has 7 nitrogen and oxygen atoms in total. The number of piperazine rings is 2. The molecule has 0 radical (unpaired) electrons. The predicted octanol–water partition coefficient (Wildman–Crippen LogP) is 2.85. The van der Waals surface area contributed by atoms with Crippen LogP contribution < -0.4 is 11.1 Å². The van der Waals surface area contributed by atoms with Crippen molar-refractivity contribution in [1.29, 1.82) is 0 Å². The second-order valence-electron chi connectivity index (χ2n) is 9.92. The van der Waals surface area contributed by atoms with E-state index in [4.69, 9.17) is 28.9 Å². The van der Waals surface area contributed by atoms with E-state index in [0.29, 0.717) is 6.42 Å². The van der Waals surface area contributed by atoms with Gasteiger partial charge in [0.05, 0.1) is 6.42 Å². The lowest BCUT2D eigenvalue weighted by Crippen LogP contribution is -2.69. The summed E-state index contributed by atoms with van der Waals surface area (Å²) in [5.41, 5.74) is 8.65. The van der Waals surface area contributed by atoms with Gasteiger partial charge in [-0.15, -0.1) is 0 Å². The minimum Gasteiger partial charge on any atom is -0.370 e. The number of nitrogens with one attached hydrogen (secondary N) is 1. The summed E-state index contributed by atoms with van der Waals surface area (Å²) in [5.74, 6) is 0.0582. The van der Waals surface area contributed by atoms with Crippen LogP contribution in [-0.2, 0) is 13.1 Å². The molecule has 2 saturated heterocycles. The Labute approximate surface area is 222 Å². The molecule has 3 aliphatic heterocycles. The molecular weight excluding hydrogens is 500 g/mol. The third-order valence-electron chi connectivity index (χ3n) is 7.37. The van der Waals surface area contributed by atoms with Gasteiger partial charge >= 0.3 is 0 Å². The van der Waals surface area contributed by atoms with Crippen LogP contribution in [-0.4, -0.2) is 88.2 Å². The molecule has 0 bridgehead atoms. The first-order valence-corrected chi connectivity index (χ1v) is 13.3. The minimum atomic E-state index is -1.000. The monoisotopic (exact) mass is 533 g/mol. The van der Waals surface area contributed by atoms with Crippen LogP contribution in [0, 0.1) is 5.82 Å². The molecule has 2 aromatic rings. The van der Waals surface area contributed by atoms with Gasteiger partial charge in [-0.05, 0) is 23.3 Å². The molecule has 0 saturated carbocycles. The highest BCUT2D eigenvalue weighted by molar-refractivity contribution is 6.28. The first kappa shape index (κ1) is 25.7. The van der Waals surface area contributed by atoms with Crippen LogP contribution in [0.4, 0.5) is 4.39 Å². The van der Waals surface area contributed by atoms with Gasteiger partial charge in [-0.1, -0.05) is 65.7 Å². The van der Waals surface area contributed by atoms with Crippen LogP contribution in [0.3, 0.4) is 0 Å². The van der Waals surface area contributed by atoms with E-state index < -0.39 is 10.2 Å². The first-order valence-electron chi connectivity index (χ1n) is 12.6. The molecular formula is C26H34Cl2FN7. The molecule has 2 unspecified atom stereocenters. The quantitative estimate of drug-likeness (QED) is 0.439. The van der Waals surface area contributed by atoms with Gasteiger partial charge in [-0.25, -0.2) is 9.38 Å². The maximum Gasteiger partial charge on any atom is 0.197 e. The van der Waals surface area contributed by atoms with Gasteiger partial charge in [0.2, 0.25) is 0 Å². The number of halogens is 3. The second kappa shape index (κ2) is 10.8. The minimum absolute atomic E-state index is 0.212. The van der Waals surface area contributed by atoms with E-state index >= 15 is 0 Å². The molecule has 3 heterocycles. The average molecular weight is 535 g/mol. The van der Waals surface area contributed by atoms with Gasteiger partial charge in [-0.2, -0.15) is 0 Å². The van der Waals surface area contributed by atoms with Crippen molar-refractivity contribution in [2.24, 2.45) is 10.7 Å². The summed E-state index contributed by atoms with van der Waals surface area (Å²) in [4.78, 5) is 13.8. The maximum atomic E-state index is 13.2. The van der Waals surface area contributed by atoms with Crippen LogP contribution in [0.25, 0.3) is 0 Å². The predicted molar refractivity (Wildman–Crippen MR) is 143 cm³/mol. The number of nitrogens with zero attached hydrogens (tertiary/aromatic N) is 5. The highest BCUT2D eigenvalue weighted by atomic mass is 35.5. The van der Waals surface area contributed by atoms with Crippen molar-refractivity contribution in [1.82, 2.24) is 24.9 Å². The van der Waals surface area contributed by atoms with Crippen LogP contribution in [0.1, 0.15) is 17.5 Å². The standard InChI is InChI=1S/C26H34Cl2FN7/c27-25(35-14-10-33(11-15-35)18-21-4-2-1-3-5-21)20-26(28,32-24(30)31-25)36-16-12-34(13-17-36)19-22-6-8-23(29)9-7-22/h1-9H,10-20H2,(H3,30,31,32). The number of guanidine groups is 1. The lowest BCUT2D eigenvalue weighted by atomic mass is 10.1. The number of rotatable bonds is 6. The van der Waals surface area contributed by atoms with Gasteiger partial charge in [0.25, 0.3) is 0 Å². The molecule has 194 valence electrons. The smallest absolute Gasteiger partial charge is 0.197 e. The van der Waals surface area contributed by atoms with E-state index in [1.165, 1.54) is 17.7 Å². The van der Waals surface area contributed by atoms with Crippen molar-refractivity contribution in [3.63, 3.8) is 0 Å². The molecule has 36 heavy (non-hydrogen) atoms. The highest BCUT2D eigenvalue weighted by Gasteiger charge is 2.50. The maximum absolute atomic E-state index is 13.2. The fourth-order valence-corrected chi connectivity index (χ4v) is 6.34. The summed E-state index contributed by atoms with van der Waals surface area (Å²) in [6.45, 7) is 8.34. The molecule has 5 rings (SSSR count). The molecule has 3 aliphatic rings. The number of hydrogen-bond donors (Lipinski definition) is 2. The van der Waals surface area contributed by atoms with E-state index in [0.717, 1.165) is 71.0 Å². The summed E-state index contributed by atoms with van der Waals surface area (Å²) in [6, 6.07) is 17.2. The molecule has 0 amide bonds. The fourth-order valence-electron chi connectivity index (χ4n) is 5.36. The van der Waals surface area contributed by atoms with Gasteiger partial charge in [0, 0.05) is 65.4 Å². The number of benzene rings is 2. The Kier molecular flexibility index (Phi) is 7.72. The van der Waals surface area contributed by atoms with E-state index in [1.807, 2.05) is 18.2 Å². The lowest BCUT2D eigenvalue weighted by Gasteiger charge is -2.51. The van der Waals surface area contributed by atoms with Crippen molar-refractivity contribution in [2.45, 2.75) is 29.8 Å². The number of nitrogens with two attached hydrogens (primary N) is 1. The molecule has 2 aromatic carbocycles. The molecule has 0 aliphatic carbocycles. The summed E-state index contributed by atoms with van der Waals surface area (Å²) < 4.78 is 13.2. The summed E-state index contributed by atoms with van der Waals surface area (Å²) in [5, 5.41) is 1.32. The van der Waals surface area contributed by atoms with Crippen molar-refractivity contribution >= 4 is 29.2 Å². The molecule has 2 atom stereocenters. The summed E-state index contributed by atoms with van der Waals surface area (Å²) >= 11 is 14.3. The summed E-state index contributed by atoms with van der Waals surface area (Å²) in [7, 11) is 0. The molecule has 2 fully saturated rings. The Balaban J connectivity index is 1.17. The SMILES string of the molecule is NC1=NC(Cl)(N2CCN(Cc3ccc(F)cc3)CC2)CC(Cl)(N2CCN(Cc3ccccc3)CC2)N1. The van der Waals surface area contributed by atoms with E-state index in [1.54, 1.807) is 0 Å². The van der Waals surface area contributed by atoms with Crippen molar-refractivity contribution in [3.8, 4) is 0 Å². The van der Waals surface area contributed by atoms with Gasteiger partial charge in [-0.3, -0.25) is 19.6 Å². The van der Waals surface area contributed by atoms with Crippen LogP contribution in [0.2, 0.25) is 0 Å². The highest BCUT2D eigenvalue weighted by Crippen LogP contribution is 2.39. The summed E-state index contributed by atoms with van der Waals surface area (Å²) in [6.07, 6.45) is 0.417. The van der Waals surface area contributed by atoms with Crippen LogP contribution in [0.15, 0.2) is 59.6 Å². The zero-order valence-corrected chi connectivity index (χ0v) is 21.9. The Bertz CT molecular complexity index is 1040. The normalized spacial score (nSPS) is 29.0. The topological polar surface area (TPSA) is 63.4 Å². The van der Waals surface area contributed by atoms with E-state index in [9.17, 15) is 4.39 Å². The van der Waals surface area contributed by atoms with Gasteiger partial charge in [0.15, 0.2) is 16.2 Å². The Hall–Kier alpha value is -1.94. The molecule has 0 spiro atoms. The van der Waals surface area contributed by atoms with Crippen molar-refractivity contribution in [3.05, 3.63) is 71.5 Å². The molecule has 3 N–H and O–H groups in total. The van der Waals surface area contributed by atoms with Crippen molar-refractivity contribution < 1.29 is 4.39 Å². The zero-order valence-electron chi connectivity index (χ0n) is 20.4. The zero-order chi connectivity index (χ0) is 25.2. The van der Waals surface area contributed by atoms with Crippen LogP contribution in [0.5, 0.6) is 0 Å². The second-order valence-corrected chi connectivity index (χ2v) is 11.1. The Morgan fingerprint density at radius 3 is 1.89 bits per heavy atom.